The van der Waals surface area contributed by atoms with Crippen LogP contribution in [-0.2, 0) is 22.4 Å². The Morgan fingerprint density at radius 3 is 2.04 bits per heavy atom. The molecule has 0 aliphatic carbocycles. The molecule has 0 saturated carbocycles. The van der Waals surface area contributed by atoms with Crippen LogP contribution in [0.5, 0.6) is 0 Å². The third-order valence-corrected chi connectivity index (χ3v) is 4.05. The predicted molar refractivity (Wildman–Crippen MR) is 88.6 cm³/mol. The smallest absolute Gasteiger partial charge is 0.322 e. The molecule has 0 atom stereocenters. The molecule has 5 heteroatoms. The molecule has 0 saturated heterocycles. The largest absolute Gasteiger partial charge is 0.480 e. The van der Waals surface area contributed by atoms with Gasteiger partial charge < -0.3 is 10.2 Å². The van der Waals surface area contributed by atoms with Gasteiger partial charge in [-0.15, -0.1) is 0 Å². The summed E-state index contributed by atoms with van der Waals surface area (Å²) in [5.41, 5.74) is 3.05. The maximum Gasteiger partial charge on any atom is 0.322 e. The quantitative estimate of drug-likeness (QED) is 0.789. The van der Waals surface area contributed by atoms with Gasteiger partial charge in [-0.1, -0.05) is 38.1 Å². The molecule has 0 amide bonds. The molecule has 0 unspecified atom stereocenters. The van der Waals surface area contributed by atoms with Gasteiger partial charge in [-0.05, 0) is 52.8 Å². The number of carbonyl (C=O) groups is 2. The molecule has 0 fully saturated rings. The average molecular weight is 330 g/mol. The highest BCUT2D eigenvalue weighted by molar-refractivity contribution is 6.01. The summed E-state index contributed by atoms with van der Waals surface area (Å²) in [4.78, 5) is 23.1. The highest BCUT2D eigenvalue weighted by Gasteiger charge is 2.32. The zero-order valence-electron chi connectivity index (χ0n) is 13.5. The first kappa shape index (κ1) is 17.7. The molecular weight excluding hydrogens is 311 g/mol. The topological polar surface area (TPSA) is 74.6 Å². The number of rotatable bonds is 6. The molecule has 0 aromatic heterocycles. The molecule has 0 heterocycles. The van der Waals surface area contributed by atoms with Crippen LogP contribution in [0.4, 0.5) is 4.39 Å². The molecule has 0 spiro atoms. The standard InChI is InChI=1S/C19H19FO4/c1-3-11-9-12(4-2)16(17(18(21)22)19(23)24)15(10-11)13-5-7-14(20)8-6-13/h5-10,17H,3-4H2,1-2H3,(H,21,22)(H,23,24). The van der Waals surface area contributed by atoms with E-state index in [9.17, 15) is 24.2 Å². The Kier molecular flexibility index (Phi) is 5.34. The van der Waals surface area contributed by atoms with Crippen molar-refractivity contribution in [3.8, 4) is 11.1 Å². The summed E-state index contributed by atoms with van der Waals surface area (Å²) in [6.07, 6.45) is 1.24. The number of hydrogen-bond donors (Lipinski definition) is 2. The summed E-state index contributed by atoms with van der Waals surface area (Å²) < 4.78 is 13.2. The van der Waals surface area contributed by atoms with Crippen molar-refractivity contribution in [2.24, 2.45) is 0 Å². The van der Waals surface area contributed by atoms with Gasteiger partial charge in [0, 0.05) is 0 Å². The van der Waals surface area contributed by atoms with Crippen molar-refractivity contribution in [3.05, 3.63) is 58.9 Å². The van der Waals surface area contributed by atoms with E-state index in [1.807, 2.05) is 19.9 Å². The summed E-state index contributed by atoms with van der Waals surface area (Å²) in [6.45, 7) is 3.82. The van der Waals surface area contributed by atoms with Crippen LogP contribution in [0.25, 0.3) is 11.1 Å². The van der Waals surface area contributed by atoms with Crippen LogP contribution < -0.4 is 0 Å². The number of halogens is 1. The number of benzene rings is 2. The Hall–Kier alpha value is -2.69. The van der Waals surface area contributed by atoms with E-state index < -0.39 is 23.7 Å². The van der Waals surface area contributed by atoms with E-state index in [2.05, 4.69) is 0 Å². The Morgan fingerprint density at radius 2 is 1.58 bits per heavy atom. The summed E-state index contributed by atoms with van der Waals surface area (Å²) >= 11 is 0. The van der Waals surface area contributed by atoms with E-state index in [0.717, 1.165) is 12.0 Å². The third-order valence-electron chi connectivity index (χ3n) is 4.05. The Balaban J connectivity index is 2.81. The van der Waals surface area contributed by atoms with Gasteiger partial charge >= 0.3 is 11.9 Å². The van der Waals surface area contributed by atoms with Crippen molar-refractivity contribution in [3.63, 3.8) is 0 Å². The Bertz CT molecular complexity index is 752. The molecule has 0 bridgehead atoms. The van der Waals surface area contributed by atoms with Crippen molar-refractivity contribution in [1.82, 2.24) is 0 Å². The van der Waals surface area contributed by atoms with E-state index in [0.29, 0.717) is 23.1 Å². The van der Waals surface area contributed by atoms with Gasteiger partial charge in [-0.25, -0.2) is 4.39 Å². The zero-order chi connectivity index (χ0) is 17.9. The second-order valence-electron chi connectivity index (χ2n) is 5.54. The lowest BCUT2D eigenvalue weighted by Gasteiger charge is -2.20. The molecule has 2 rings (SSSR count). The predicted octanol–water partition coefficient (Wildman–Crippen LogP) is 3.87. The van der Waals surface area contributed by atoms with Gasteiger partial charge in [0.2, 0.25) is 0 Å². The van der Waals surface area contributed by atoms with Crippen molar-refractivity contribution in [2.75, 3.05) is 0 Å². The van der Waals surface area contributed by atoms with Gasteiger partial charge in [-0.2, -0.15) is 0 Å². The van der Waals surface area contributed by atoms with Crippen LogP contribution in [0.2, 0.25) is 0 Å². The molecule has 2 aromatic carbocycles. The third kappa shape index (κ3) is 3.45. The van der Waals surface area contributed by atoms with Crippen molar-refractivity contribution in [2.45, 2.75) is 32.6 Å². The minimum Gasteiger partial charge on any atom is -0.480 e. The summed E-state index contributed by atoms with van der Waals surface area (Å²) in [7, 11) is 0. The van der Waals surface area contributed by atoms with Crippen molar-refractivity contribution < 1.29 is 24.2 Å². The summed E-state index contributed by atoms with van der Waals surface area (Å²) in [6, 6.07) is 9.27. The van der Waals surface area contributed by atoms with Gasteiger partial charge in [0.1, 0.15) is 5.82 Å². The van der Waals surface area contributed by atoms with E-state index in [-0.39, 0.29) is 5.56 Å². The number of aryl methyl sites for hydroxylation is 2. The normalized spacial score (nSPS) is 10.8. The second-order valence-corrected chi connectivity index (χ2v) is 5.54. The Labute approximate surface area is 139 Å². The molecule has 4 nitrogen and oxygen atoms in total. The van der Waals surface area contributed by atoms with Crippen molar-refractivity contribution in [1.29, 1.82) is 0 Å². The number of carboxylic acid groups (broad SMARTS) is 2. The van der Waals surface area contributed by atoms with Crippen molar-refractivity contribution >= 4 is 11.9 Å². The van der Waals surface area contributed by atoms with E-state index in [1.54, 1.807) is 6.07 Å². The summed E-state index contributed by atoms with van der Waals surface area (Å²) in [5, 5.41) is 18.8. The molecule has 0 aliphatic heterocycles. The molecule has 0 aliphatic rings. The van der Waals surface area contributed by atoms with E-state index in [1.165, 1.54) is 24.3 Å². The van der Waals surface area contributed by atoms with Crippen LogP contribution in [0.3, 0.4) is 0 Å². The monoisotopic (exact) mass is 330 g/mol. The Morgan fingerprint density at radius 1 is 1.00 bits per heavy atom. The lowest BCUT2D eigenvalue weighted by Crippen LogP contribution is -2.23. The lowest BCUT2D eigenvalue weighted by atomic mass is 9.84. The second kappa shape index (κ2) is 7.25. The fraction of sp³-hybridized carbons (Fsp3) is 0.263. The number of hydrogen-bond acceptors (Lipinski definition) is 2. The number of aliphatic carboxylic acids is 2. The molecule has 0 radical (unpaired) electrons. The van der Waals surface area contributed by atoms with Gasteiger partial charge in [0.05, 0.1) is 0 Å². The van der Waals surface area contributed by atoms with Crippen LogP contribution >= 0.6 is 0 Å². The van der Waals surface area contributed by atoms with Crippen LogP contribution in [0, 0.1) is 5.82 Å². The average Bonchev–Trinajstić information content (AvgIpc) is 2.55. The first-order valence-electron chi connectivity index (χ1n) is 7.76. The SMILES string of the molecule is CCc1cc(CC)c(C(C(=O)O)C(=O)O)c(-c2ccc(F)cc2)c1. The van der Waals surface area contributed by atoms with Gasteiger partial charge in [-0.3, -0.25) is 9.59 Å². The first-order valence-corrected chi connectivity index (χ1v) is 7.76. The fourth-order valence-electron chi connectivity index (χ4n) is 2.84. The minimum absolute atomic E-state index is 0.265. The highest BCUT2D eigenvalue weighted by Crippen LogP contribution is 2.35. The van der Waals surface area contributed by atoms with Crippen LogP contribution in [0.1, 0.15) is 36.5 Å². The lowest BCUT2D eigenvalue weighted by molar-refractivity contribution is -0.150. The minimum atomic E-state index is -1.66. The zero-order valence-corrected chi connectivity index (χ0v) is 13.5. The number of carboxylic acids is 2. The maximum absolute atomic E-state index is 13.2. The molecule has 126 valence electrons. The molecule has 24 heavy (non-hydrogen) atoms. The van der Waals surface area contributed by atoms with Crippen LogP contribution in [-0.4, -0.2) is 22.2 Å². The van der Waals surface area contributed by atoms with E-state index in [4.69, 9.17) is 0 Å². The molecule has 2 N–H and O–H groups in total. The van der Waals surface area contributed by atoms with Gasteiger partial charge in [0.25, 0.3) is 0 Å². The summed E-state index contributed by atoms with van der Waals surface area (Å²) in [5.74, 6) is -4.89. The maximum atomic E-state index is 13.2. The van der Waals surface area contributed by atoms with E-state index >= 15 is 0 Å². The molecule has 2 aromatic rings. The molecular formula is C19H19FO4. The highest BCUT2D eigenvalue weighted by atomic mass is 19.1. The van der Waals surface area contributed by atoms with Gasteiger partial charge in [0.15, 0.2) is 5.92 Å². The van der Waals surface area contributed by atoms with Crippen LogP contribution in [0.15, 0.2) is 36.4 Å². The first-order chi connectivity index (χ1) is 11.4. The fourth-order valence-corrected chi connectivity index (χ4v) is 2.84.